The second-order valence-electron chi connectivity index (χ2n) is 5.06. The predicted octanol–water partition coefficient (Wildman–Crippen LogP) is 5.24. The molecule has 0 saturated heterocycles. The van der Waals surface area contributed by atoms with Crippen molar-refractivity contribution in [2.75, 3.05) is 6.61 Å². The van der Waals surface area contributed by atoms with Crippen LogP contribution < -0.4 is 4.74 Å². The van der Waals surface area contributed by atoms with Gasteiger partial charge in [-0.3, -0.25) is 0 Å². The van der Waals surface area contributed by atoms with Gasteiger partial charge in [0, 0.05) is 11.6 Å². The van der Waals surface area contributed by atoms with Crippen LogP contribution in [0.5, 0.6) is 5.75 Å². The summed E-state index contributed by atoms with van der Waals surface area (Å²) in [6.45, 7) is 2.81. The molecule has 4 aromatic rings. The topological polar surface area (TPSA) is 33.0 Å². The van der Waals surface area contributed by atoms with E-state index >= 15 is 0 Å². The van der Waals surface area contributed by atoms with Crippen molar-refractivity contribution in [3.63, 3.8) is 0 Å². The third-order valence-corrected chi connectivity index (χ3v) is 4.19. The van der Waals surface area contributed by atoms with Crippen LogP contribution >= 0.6 is 11.8 Å². The quantitative estimate of drug-likeness (QED) is 0.354. The van der Waals surface area contributed by atoms with Gasteiger partial charge in [-0.15, -0.1) is 0 Å². The van der Waals surface area contributed by atoms with Gasteiger partial charge in [-0.1, -0.05) is 37.6 Å². The predicted molar refractivity (Wildman–Crippen MR) is 88.9 cm³/mol. The normalized spacial score (nSPS) is 10.5. The van der Waals surface area contributed by atoms with Crippen molar-refractivity contribution < 1.29 is 9.13 Å². The van der Waals surface area contributed by atoms with Gasteiger partial charge < -0.3 is 4.74 Å². The Morgan fingerprint density at radius 3 is 2.74 bits per heavy atom. The van der Waals surface area contributed by atoms with Crippen LogP contribution in [0.3, 0.4) is 0 Å². The highest BCUT2D eigenvalue weighted by molar-refractivity contribution is 8.04. The first-order chi connectivity index (χ1) is 11.2. The van der Waals surface area contributed by atoms with E-state index < -0.39 is 5.82 Å². The molecule has 0 heterocycles. The highest BCUT2D eigenvalue weighted by Gasteiger charge is 2.17. The molecule has 0 amide bonds. The Morgan fingerprint density at radius 1 is 1.26 bits per heavy atom. The second kappa shape index (κ2) is 6.77. The van der Waals surface area contributed by atoms with Gasteiger partial charge in [0.2, 0.25) is 0 Å². The number of ether oxygens (including phenoxy) is 1. The summed E-state index contributed by atoms with van der Waals surface area (Å²) in [6.07, 6.45) is 2.11. The van der Waals surface area contributed by atoms with E-state index in [9.17, 15) is 4.39 Å². The third-order valence-electron chi connectivity index (χ3n) is 3.52. The summed E-state index contributed by atoms with van der Waals surface area (Å²) < 4.78 is 19.7. The van der Waals surface area contributed by atoms with E-state index in [2.05, 4.69) is 25.1 Å². The molecule has 23 heavy (non-hydrogen) atoms. The Kier molecular flexibility index (Phi) is 4.55. The molecule has 2 nitrogen and oxygen atoms in total. The van der Waals surface area contributed by atoms with Gasteiger partial charge in [-0.05, 0) is 35.9 Å². The number of rotatable bonds is 6. The summed E-state index contributed by atoms with van der Waals surface area (Å²) in [6, 6.07) is 16.2. The summed E-state index contributed by atoms with van der Waals surface area (Å²) in [5.41, 5.74) is 1.62. The van der Waals surface area contributed by atoms with Crippen LogP contribution in [0.25, 0.3) is 21.9 Å². The standard InChI is InChI=1S/C19H13FNOS/c1-2-3-10-22-15-7-4-13(5-8-15)17-11-14-6-9-16(17)19(18(14)20)23-12-21/h4-5,7-8H,2-3,10H2,1H3. The van der Waals surface area contributed by atoms with Crippen LogP contribution in [0.4, 0.5) is 4.39 Å². The molecular formula is C19H13FNOS. The zero-order chi connectivity index (χ0) is 16.2. The molecule has 0 atom stereocenters. The number of nitriles is 1. The van der Waals surface area contributed by atoms with Crippen molar-refractivity contribution in [2.45, 2.75) is 24.7 Å². The van der Waals surface area contributed by atoms with E-state index in [-0.39, 0.29) is 5.39 Å². The molecule has 0 unspecified atom stereocenters. The monoisotopic (exact) mass is 322 g/mol. The summed E-state index contributed by atoms with van der Waals surface area (Å²) >= 11 is 0.803. The molecular weight excluding hydrogens is 309 g/mol. The zero-order valence-corrected chi connectivity index (χ0v) is 13.4. The highest BCUT2D eigenvalue weighted by Crippen LogP contribution is 2.37. The Balaban J connectivity index is 1.93. The lowest BCUT2D eigenvalue weighted by Gasteiger charge is -2.10. The van der Waals surface area contributed by atoms with Crippen LogP contribution in [-0.4, -0.2) is 6.61 Å². The van der Waals surface area contributed by atoms with Crippen LogP contribution in [0.2, 0.25) is 0 Å². The van der Waals surface area contributed by atoms with Gasteiger partial charge in [-0.25, -0.2) is 4.39 Å². The summed E-state index contributed by atoms with van der Waals surface area (Å²) in [4.78, 5) is 0.290. The van der Waals surface area contributed by atoms with Crippen LogP contribution in [0, 0.1) is 34.7 Å². The van der Waals surface area contributed by atoms with Crippen LogP contribution in [0.15, 0.2) is 29.2 Å². The second-order valence-corrected chi connectivity index (χ2v) is 5.86. The van der Waals surface area contributed by atoms with E-state index in [1.165, 1.54) is 0 Å². The molecule has 4 heteroatoms. The molecule has 0 aromatic heterocycles. The van der Waals surface area contributed by atoms with Gasteiger partial charge in [0.05, 0.1) is 22.3 Å². The Hall–Kier alpha value is -2.43. The zero-order valence-electron chi connectivity index (χ0n) is 12.6. The van der Waals surface area contributed by atoms with Gasteiger partial charge >= 0.3 is 0 Å². The highest BCUT2D eigenvalue weighted by atomic mass is 32.2. The van der Waals surface area contributed by atoms with E-state index in [1.54, 1.807) is 0 Å². The number of nitrogens with zero attached hydrogens (tertiary/aromatic N) is 1. The van der Waals surface area contributed by atoms with Gasteiger partial charge in [-0.2, -0.15) is 5.26 Å². The molecule has 113 valence electrons. The fourth-order valence-corrected chi connectivity index (χ4v) is 2.86. The number of halogens is 1. The largest absolute Gasteiger partial charge is 0.494 e. The van der Waals surface area contributed by atoms with E-state index in [0.717, 1.165) is 41.5 Å². The van der Waals surface area contributed by atoms with Gasteiger partial charge in [0.15, 0.2) is 5.82 Å². The number of hydrogen-bond acceptors (Lipinski definition) is 3. The lowest BCUT2D eigenvalue weighted by atomic mass is 9.98. The Bertz CT molecular complexity index is 839. The summed E-state index contributed by atoms with van der Waals surface area (Å²) in [5, 5.41) is 11.5. The van der Waals surface area contributed by atoms with Crippen molar-refractivity contribution >= 4 is 22.5 Å². The molecule has 0 N–H and O–H groups in total. The first-order valence-corrected chi connectivity index (χ1v) is 8.16. The molecule has 0 fully saturated rings. The van der Waals surface area contributed by atoms with Gasteiger partial charge in [0.25, 0.3) is 0 Å². The summed E-state index contributed by atoms with van der Waals surface area (Å²) in [7, 11) is 0. The fourth-order valence-electron chi connectivity index (χ4n) is 2.32. The minimum Gasteiger partial charge on any atom is -0.494 e. The lowest BCUT2D eigenvalue weighted by Crippen LogP contribution is -1.96. The Labute approximate surface area is 139 Å². The van der Waals surface area contributed by atoms with Crippen molar-refractivity contribution in [3.8, 4) is 22.3 Å². The van der Waals surface area contributed by atoms with E-state index in [0.29, 0.717) is 16.9 Å². The molecule has 4 rings (SSSR count). The van der Waals surface area contributed by atoms with Crippen LogP contribution in [-0.2, 0) is 0 Å². The molecule has 0 aliphatic heterocycles. The molecule has 1 radical (unpaired) electrons. The summed E-state index contributed by atoms with van der Waals surface area (Å²) in [5.74, 6) is 0.356. The van der Waals surface area contributed by atoms with Crippen LogP contribution in [0.1, 0.15) is 19.8 Å². The maximum atomic E-state index is 14.1. The maximum Gasteiger partial charge on any atom is 0.155 e. The number of thiocyanates is 1. The van der Waals surface area contributed by atoms with Crippen molar-refractivity contribution in [1.29, 1.82) is 5.26 Å². The first-order valence-electron chi connectivity index (χ1n) is 7.34. The number of hydrogen-bond donors (Lipinski definition) is 0. The Morgan fingerprint density at radius 2 is 2.04 bits per heavy atom. The minimum atomic E-state index is -0.450. The fraction of sp³-hybridized carbons (Fsp3) is 0.211. The molecule has 2 bridgehead atoms. The molecule has 0 saturated carbocycles. The van der Waals surface area contributed by atoms with Crippen molar-refractivity contribution in [2.24, 2.45) is 0 Å². The number of fused-ring (bicyclic) bond motifs is 2. The molecule has 4 aromatic carbocycles. The van der Waals surface area contributed by atoms with E-state index in [1.807, 2.05) is 29.7 Å². The van der Waals surface area contributed by atoms with Crippen molar-refractivity contribution in [1.82, 2.24) is 0 Å². The first kappa shape index (κ1) is 15.5. The lowest BCUT2D eigenvalue weighted by molar-refractivity contribution is 0.309. The smallest absolute Gasteiger partial charge is 0.155 e. The van der Waals surface area contributed by atoms with Crippen molar-refractivity contribution in [3.05, 3.63) is 48.3 Å². The average molecular weight is 322 g/mol. The molecule has 0 aliphatic rings. The minimum absolute atomic E-state index is 0.219. The number of benzene rings is 2. The number of thioether (sulfide) groups is 1. The molecule has 0 aliphatic carbocycles. The SMILES string of the molecule is CCCCOc1ccc(-c2[c]c3c#cc2c(SC#N)c3F)cc1. The molecule has 0 spiro atoms. The average Bonchev–Trinajstić information content (AvgIpc) is 2.59. The maximum absolute atomic E-state index is 14.1. The van der Waals surface area contributed by atoms with E-state index in [4.69, 9.17) is 10.00 Å². The third kappa shape index (κ3) is 3.04. The number of unbranched alkanes of at least 4 members (excludes halogenated alkanes) is 1. The van der Waals surface area contributed by atoms with Gasteiger partial charge in [0.1, 0.15) is 11.2 Å².